The van der Waals surface area contributed by atoms with Gasteiger partial charge in [0.25, 0.3) is 0 Å². The van der Waals surface area contributed by atoms with Crippen LogP contribution in [0.15, 0.2) is 43.0 Å². The topological polar surface area (TPSA) is 46.9 Å². The molecule has 1 unspecified atom stereocenters. The van der Waals surface area contributed by atoms with E-state index in [1.807, 2.05) is 35.0 Å². The number of nitrogens with zero attached hydrogens (tertiary/aromatic N) is 2. The number of carbonyl (C=O) groups is 1. The third-order valence-electron chi connectivity index (χ3n) is 4.91. The molecule has 1 atom stereocenters. The highest BCUT2D eigenvalue weighted by Gasteiger charge is 2.29. The zero-order valence-electron chi connectivity index (χ0n) is 13.8. The van der Waals surface area contributed by atoms with Gasteiger partial charge in [-0.05, 0) is 56.0 Å². The Morgan fingerprint density at radius 1 is 1.29 bits per heavy atom. The van der Waals surface area contributed by atoms with Gasteiger partial charge in [-0.15, -0.1) is 0 Å². The number of piperidine rings is 1. The van der Waals surface area contributed by atoms with E-state index < -0.39 is 0 Å². The maximum absolute atomic E-state index is 12.9. The third kappa shape index (κ3) is 4.68. The summed E-state index contributed by atoms with van der Waals surface area (Å²) >= 11 is 5.92. The Hall–Kier alpha value is -1.65. The highest BCUT2D eigenvalue weighted by molar-refractivity contribution is 6.30. The number of halogens is 1. The summed E-state index contributed by atoms with van der Waals surface area (Å²) in [6.45, 7) is 2.76. The van der Waals surface area contributed by atoms with Crippen molar-refractivity contribution in [3.8, 4) is 0 Å². The Morgan fingerprint density at radius 3 is 2.71 bits per heavy atom. The minimum Gasteiger partial charge on any atom is -0.337 e. The van der Waals surface area contributed by atoms with Gasteiger partial charge >= 0.3 is 0 Å². The standard InChI is InChI=1S/C19H24ClN3O/c20-17-4-1-15(2-5-17)3-6-19(24)18(13-23-12-11-22-14-23)16-7-9-21-10-8-16/h1-2,4-5,11-12,14,16,18,21H,3,6-10,13H2. The lowest BCUT2D eigenvalue weighted by Gasteiger charge is -2.30. The van der Waals surface area contributed by atoms with Gasteiger partial charge in [-0.3, -0.25) is 4.79 Å². The molecular formula is C19H24ClN3O. The van der Waals surface area contributed by atoms with Crippen LogP contribution in [0.1, 0.15) is 24.8 Å². The highest BCUT2D eigenvalue weighted by atomic mass is 35.5. The van der Waals surface area contributed by atoms with Crippen molar-refractivity contribution in [2.75, 3.05) is 13.1 Å². The summed E-state index contributed by atoms with van der Waals surface area (Å²) in [5.74, 6) is 0.908. The molecule has 5 heteroatoms. The van der Waals surface area contributed by atoms with Crippen LogP contribution in [0.3, 0.4) is 0 Å². The van der Waals surface area contributed by atoms with Gasteiger partial charge in [-0.25, -0.2) is 4.98 Å². The largest absolute Gasteiger partial charge is 0.337 e. The van der Waals surface area contributed by atoms with Crippen LogP contribution in [-0.4, -0.2) is 28.4 Å². The van der Waals surface area contributed by atoms with E-state index in [4.69, 9.17) is 11.6 Å². The summed E-state index contributed by atoms with van der Waals surface area (Å²) < 4.78 is 2.03. The van der Waals surface area contributed by atoms with E-state index in [-0.39, 0.29) is 5.92 Å². The molecular weight excluding hydrogens is 322 g/mol. The van der Waals surface area contributed by atoms with Crippen molar-refractivity contribution in [1.82, 2.24) is 14.9 Å². The van der Waals surface area contributed by atoms with Crippen LogP contribution < -0.4 is 5.32 Å². The Morgan fingerprint density at radius 2 is 2.04 bits per heavy atom. The molecule has 1 aliphatic heterocycles. The second-order valence-electron chi connectivity index (χ2n) is 6.55. The van der Waals surface area contributed by atoms with Crippen molar-refractivity contribution in [2.24, 2.45) is 11.8 Å². The molecule has 1 N–H and O–H groups in total. The smallest absolute Gasteiger partial charge is 0.138 e. The van der Waals surface area contributed by atoms with Crippen LogP contribution in [0.2, 0.25) is 5.02 Å². The molecule has 1 aromatic carbocycles. The number of benzene rings is 1. The lowest BCUT2D eigenvalue weighted by atomic mass is 9.80. The maximum Gasteiger partial charge on any atom is 0.138 e. The molecule has 0 bridgehead atoms. The number of carbonyl (C=O) groups excluding carboxylic acids is 1. The van der Waals surface area contributed by atoms with E-state index in [0.717, 1.165) is 43.9 Å². The summed E-state index contributed by atoms with van der Waals surface area (Å²) in [6.07, 6.45) is 9.04. The van der Waals surface area contributed by atoms with Crippen LogP contribution in [0.5, 0.6) is 0 Å². The van der Waals surface area contributed by atoms with E-state index in [1.165, 1.54) is 5.56 Å². The molecule has 4 nitrogen and oxygen atoms in total. The molecule has 1 aliphatic rings. The van der Waals surface area contributed by atoms with Gasteiger partial charge in [0.05, 0.1) is 6.33 Å². The number of nitrogens with one attached hydrogen (secondary N) is 1. The van der Waals surface area contributed by atoms with Crippen LogP contribution in [0.4, 0.5) is 0 Å². The molecule has 1 aromatic heterocycles. The van der Waals surface area contributed by atoms with E-state index >= 15 is 0 Å². The average Bonchev–Trinajstić information content (AvgIpc) is 3.13. The Labute approximate surface area is 148 Å². The first kappa shape index (κ1) is 17.2. The van der Waals surface area contributed by atoms with Gasteiger partial charge in [0, 0.05) is 36.3 Å². The Balaban J connectivity index is 1.64. The lowest BCUT2D eigenvalue weighted by molar-refractivity contribution is -0.125. The second kappa shape index (κ2) is 8.45. The lowest BCUT2D eigenvalue weighted by Crippen LogP contribution is -2.36. The number of rotatable bonds is 7. The molecule has 0 spiro atoms. The van der Waals surface area contributed by atoms with Gasteiger partial charge in [0.2, 0.25) is 0 Å². The van der Waals surface area contributed by atoms with E-state index in [2.05, 4.69) is 10.3 Å². The molecule has 0 amide bonds. The zero-order valence-corrected chi connectivity index (χ0v) is 14.6. The van der Waals surface area contributed by atoms with E-state index in [1.54, 1.807) is 12.5 Å². The highest BCUT2D eigenvalue weighted by Crippen LogP contribution is 2.26. The fourth-order valence-electron chi connectivity index (χ4n) is 3.49. The fraction of sp³-hybridized carbons (Fsp3) is 0.474. The zero-order chi connectivity index (χ0) is 16.8. The quantitative estimate of drug-likeness (QED) is 0.837. The van der Waals surface area contributed by atoms with Crippen LogP contribution >= 0.6 is 11.6 Å². The van der Waals surface area contributed by atoms with Crippen molar-refractivity contribution in [3.63, 3.8) is 0 Å². The normalized spacial score (nSPS) is 16.9. The molecule has 1 fully saturated rings. The summed E-state index contributed by atoms with van der Waals surface area (Å²) in [5.41, 5.74) is 1.17. The molecule has 24 heavy (non-hydrogen) atoms. The maximum atomic E-state index is 12.9. The first-order valence-electron chi connectivity index (χ1n) is 8.66. The van der Waals surface area contributed by atoms with Gasteiger partial charge in [-0.2, -0.15) is 0 Å². The first-order valence-corrected chi connectivity index (χ1v) is 9.04. The average molecular weight is 346 g/mol. The first-order chi connectivity index (χ1) is 11.7. The predicted octanol–water partition coefficient (Wildman–Crippen LogP) is 3.35. The monoisotopic (exact) mass is 345 g/mol. The number of hydrogen-bond acceptors (Lipinski definition) is 3. The molecule has 0 aliphatic carbocycles. The minimum absolute atomic E-state index is 0.0774. The molecule has 0 radical (unpaired) electrons. The number of aromatic nitrogens is 2. The van der Waals surface area contributed by atoms with Gasteiger partial charge in [-0.1, -0.05) is 23.7 Å². The number of imidazole rings is 1. The summed E-state index contributed by atoms with van der Waals surface area (Å²) in [7, 11) is 0. The summed E-state index contributed by atoms with van der Waals surface area (Å²) in [6, 6.07) is 7.78. The third-order valence-corrected chi connectivity index (χ3v) is 5.16. The van der Waals surface area contributed by atoms with Gasteiger partial charge in [0.15, 0.2) is 0 Å². The molecule has 3 rings (SSSR count). The van der Waals surface area contributed by atoms with Gasteiger partial charge < -0.3 is 9.88 Å². The second-order valence-corrected chi connectivity index (χ2v) is 6.98. The summed E-state index contributed by atoms with van der Waals surface area (Å²) in [5, 5.41) is 4.12. The predicted molar refractivity (Wildman–Crippen MR) is 96.1 cm³/mol. The SMILES string of the molecule is O=C(CCc1ccc(Cl)cc1)C(Cn1ccnc1)C1CCNCC1. The molecule has 1 saturated heterocycles. The number of ketones is 1. The number of hydrogen-bond donors (Lipinski definition) is 1. The van der Waals surface area contributed by atoms with Crippen LogP contribution in [-0.2, 0) is 17.8 Å². The molecule has 2 aromatic rings. The summed E-state index contributed by atoms with van der Waals surface area (Å²) in [4.78, 5) is 17.0. The molecule has 0 saturated carbocycles. The fourth-order valence-corrected chi connectivity index (χ4v) is 3.61. The van der Waals surface area contributed by atoms with Gasteiger partial charge in [0.1, 0.15) is 5.78 Å². The van der Waals surface area contributed by atoms with Crippen molar-refractivity contribution < 1.29 is 4.79 Å². The number of Topliss-reactive ketones (excluding diaryl/α,β-unsaturated/α-hetero) is 1. The Bertz CT molecular complexity index is 633. The van der Waals surface area contributed by atoms with Crippen molar-refractivity contribution in [2.45, 2.75) is 32.2 Å². The van der Waals surface area contributed by atoms with Crippen LogP contribution in [0, 0.1) is 11.8 Å². The van der Waals surface area contributed by atoms with Crippen LogP contribution in [0.25, 0.3) is 0 Å². The van der Waals surface area contributed by atoms with E-state index in [9.17, 15) is 4.79 Å². The molecule has 2 heterocycles. The number of aryl methyl sites for hydroxylation is 1. The van der Waals surface area contributed by atoms with Crippen molar-refractivity contribution in [3.05, 3.63) is 53.6 Å². The Kier molecular flexibility index (Phi) is 6.05. The molecule has 128 valence electrons. The van der Waals surface area contributed by atoms with E-state index in [0.29, 0.717) is 18.1 Å². The van der Waals surface area contributed by atoms with Crippen molar-refractivity contribution >= 4 is 17.4 Å². The minimum atomic E-state index is 0.0774. The van der Waals surface area contributed by atoms with Crippen molar-refractivity contribution in [1.29, 1.82) is 0 Å².